The third kappa shape index (κ3) is 9.70. The zero-order valence-electron chi connectivity index (χ0n) is 9.33. The van der Waals surface area contributed by atoms with Gasteiger partial charge in [0.1, 0.15) is 0 Å². The van der Waals surface area contributed by atoms with Gasteiger partial charge in [0.15, 0.2) is 0 Å². The number of rotatable bonds is 9. The highest BCUT2D eigenvalue weighted by Crippen LogP contribution is 2.01. The van der Waals surface area contributed by atoms with Crippen molar-refractivity contribution in [3.63, 3.8) is 0 Å². The SMILES string of the molecule is CCCS(=O)(=O)NCCCCCCC#N. The summed E-state index contributed by atoms with van der Waals surface area (Å²) in [6.07, 6.45) is 5.00. The van der Waals surface area contributed by atoms with Crippen LogP contribution in [0.15, 0.2) is 0 Å². The number of hydrogen-bond acceptors (Lipinski definition) is 3. The summed E-state index contributed by atoms with van der Waals surface area (Å²) in [5.41, 5.74) is 0. The summed E-state index contributed by atoms with van der Waals surface area (Å²) in [4.78, 5) is 0. The molecule has 0 saturated heterocycles. The van der Waals surface area contributed by atoms with E-state index in [1.54, 1.807) is 0 Å². The molecule has 0 bridgehead atoms. The molecule has 0 radical (unpaired) electrons. The molecule has 15 heavy (non-hydrogen) atoms. The molecule has 4 nitrogen and oxygen atoms in total. The van der Waals surface area contributed by atoms with E-state index in [0.29, 0.717) is 19.4 Å². The van der Waals surface area contributed by atoms with E-state index in [-0.39, 0.29) is 5.75 Å². The normalized spacial score (nSPS) is 11.2. The lowest BCUT2D eigenvalue weighted by Crippen LogP contribution is -2.27. The molecule has 0 atom stereocenters. The van der Waals surface area contributed by atoms with Crippen LogP contribution in [0, 0.1) is 11.3 Å². The van der Waals surface area contributed by atoms with Crippen molar-refractivity contribution in [1.82, 2.24) is 4.72 Å². The summed E-state index contributed by atoms with van der Waals surface area (Å²) in [5.74, 6) is 0.210. The minimum Gasteiger partial charge on any atom is -0.215 e. The van der Waals surface area contributed by atoms with E-state index in [2.05, 4.69) is 10.8 Å². The van der Waals surface area contributed by atoms with Crippen LogP contribution in [-0.2, 0) is 10.0 Å². The number of nitrogens with zero attached hydrogens (tertiary/aromatic N) is 1. The Morgan fingerprint density at radius 1 is 1.20 bits per heavy atom. The molecule has 0 heterocycles. The summed E-state index contributed by atoms with van der Waals surface area (Å²) in [6.45, 7) is 2.37. The van der Waals surface area contributed by atoms with Crippen LogP contribution >= 0.6 is 0 Å². The summed E-state index contributed by atoms with van der Waals surface area (Å²) in [6, 6.07) is 2.09. The zero-order valence-corrected chi connectivity index (χ0v) is 10.1. The first-order valence-corrected chi connectivity index (χ1v) is 7.12. The summed E-state index contributed by atoms with van der Waals surface area (Å²) in [7, 11) is -3.03. The van der Waals surface area contributed by atoms with Crippen LogP contribution in [0.5, 0.6) is 0 Å². The first kappa shape index (κ1) is 14.4. The minimum absolute atomic E-state index is 0.210. The first-order valence-electron chi connectivity index (χ1n) is 5.46. The van der Waals surface area contributed by atoms with E-state index in [4.69, 9.17) is 5.26 Å². The molecule has 0 aliphatic heterocycles. The number of unbranched alkanes of at least 4 members (excludes halogenated alkanes) is 4. The fraction of sp³-hybridized carbons (Fsp3) is 0.900. The van der Waals surface area contributed by atoms with Gasteiger partial charge < -0.3 is 0 Å². The average molecular weight is 232 g/mol. The van der Waals surface area contributed by atoms with E-state index in [1.165, 1.54) is 0 Å². The van der Waals surface area contributed by atoms with E-state index in [1.807, 2.05) is 6.92 Å². The minimum atomic E-state index is -3.03. The maximum absolute atomic E-state index is 11.2. The maximum Gasteiger partial charge on any atom is 0.211 e. The third-order valence-corrected chi connectivity index (χ3v) is 3.60. The highest BCUT2D eigenvalue weighted by Gasteiger charge is 2.06. The Morgan fingerprint density at radius 3 is 2.47 bits per heavy atom. The number of hydrogen-bond donors (Lipinski definition) is 1. The van der Waals surface area contributed by atoms with Gasteiger partial charge in [-0.25, -0.2) is 13.1 Å². The van der Waals surface area contributed by atoms with Crippen LogP contribution in [0.4, 0.5) is 0 Å². The van der Waals surface area contributed by atoms with Crippen LogP contribution in [-0.4, -0.2) is 20.7 Å². The van der Waals surface area contributed by atoms with Gasteiger partial charge in [0, 0.05) is 13.0 Å². The highest BCUT2D eigenvalue weighted by molar-refractivity contribution is 7.89. The lowest BCUT2D eigenvalue weighted by molar-refractivity contribution is 0.571. The quantitative estimate of drug-likeness (QED) is 0.616. The Balaban J connectivity index is 3.35. The van der Waals surface area contributed by atoms with Gasteiger partial charge >= 0.3 is 0 Å². The fourth-order valence-corrected chi connectivity index (χ4v) is 2.39. The van der Waals surface area contributed by atoms with Crippen LogP contribution in [0.2, 0.25) is 0 Å². The van der Waals surface area contributed by atoms with Gasteiger partial charge in [0.2, 0.25) is 10.0 Å². The smallest absolute Gasteiger partial charge is 0.211 e. The molecule has 0 unspecified atom stereocenters. The lowest BCUT2D eigenvalue weighted by Gasteiger charge is -2.04. The predicted octanol–water partition coefficient (Wildman–Crippen LogP) is 1.79. The predicted molar refractivity (Wildman–Crippen MR) is 60.8 cm³/mol. The highest BCUT2D eigenvalue weighted by atomic mass is 32.2. The second-order valence-corrected chi connectivity index (χ2v) is 5.46. The largest absolute Gasteiger partial charge is 0.215 e. The summed E-state index contributed by atoms with van der Waals surface area (Å²) < 4.78 is 25.0. The molecular weight excluding hydrogens is 212 g/mol. The van der Waals surface area contributed by atoms with Crippen LogP contribution in [0.25, 0.3) is 0 Å². The molecule has 0 rings (SSSR count). The van der Waals surface area contributed by atoms with E-state index in [0.717, 1.165) is 25.7 Å². The van der Waals surface area contributed by atoms with Gasteiger partial charge in [0.05, 0.1) is 11.8 Å². The molecule has 0 aliphatic rings. The molecule has 5 heteroatoms. The Labute approximate surface area is 92.7 Å². The molecule has 0 aromatic carbocycles. The molecule has 88 valence electrons. The van der Waals surface area contributed by atoms with Crippen molar-refractivity contribution in [2.24, 2.45) is 0 Å². The number of nitriles is 1. The van der Waals surface area contributed by atoms with E-state index < -0.39 is 10.0 Å². The maximum atomic E-state index is 11.2. The summed E-state index contributed by atoms with van der Waals surface area (Å²) >= 11 is 0. The van der Waals surface area contributed by atoms with Crippen LogP contribution in [0.3, 0.4) is 0 Å². The molecule has 1 N–H and O–H groups in total. The van der Waals surface area contributed by atoms with Gasteiger partial charge in [-0.1, -0.05) is 19.8 Å². The summed E-state index contributed by atoms with van der Waals surface area (Å²) in [5, 5.41) is 8.29. The molecule has 0 saturated carbocycles. The van der Waals surface area contributed by atoms with Gasteiger partial charge in [-0.15, -0.1) is 0 Å². The number of sulfonamides is 1. The topological polar surface area (TPSA) is 70.0 Å². The van der Waals surface area contributed by atoms with Gasteiger partial charge in [-0.3, -0.25) is 0 Å². The molecule has 0 fully saturated rings. The van der Waals surface area contributed by atoms with Gasteiger partial charge in [0.25, 0.3) is 0 Å². The van der Waals surface area contributed by atoms with Crippen molar-refractivity contribution >= 4 is 10.0 Å². The molecule has 0 aliphatic carbocycles. The van der Waals surface area contributed by atoms with Crippen molar-refractivity contribution in [1.29, 1.82) is 5.26 Å². The van der Waals surface area contributed by atoms with Crippen molar-refractivity contribution < 1.29 is 8.42 Å². The Morgan fingerprint density at radius 2 is 1.87 bits per heavy atom. The molecular formula is C10H20N2O2S. The monoisotopic (exact) mass is 232 g/mol. The van der Waals surface area contributed by atoms with E-state index >= 15 is 0 Å². The van der Waals surface area contributed by atoms with Crippen LogP contribution in [0.1, 0.15) is 45.4 Å². The van der Waals surface area contributed by atoms with Crippen molar-refractivity contribution in [2.45, 2.75) is 45.4 Å². The molecule has 0 amide bonds. The zero-order chi connectivity index (χ0) is 11.6. The number of nitrogens with one attached hydrogen (secondary N) is 1. The third-order valence-electron chi connectivity index (χ3n) is 2.01. The first-order chi connectivity index (χ1) is 7.12. The van der Waals surface area contributed by atoms with Crippen molar-refractivity contribution in [2.75, 3.05) is 12.3 Å². The van der Waals surface area contributed by atoms with Crippen molar-refractivity contribution in [3.8, 4) is 6.07 Å². The van der Waals surface area contributed by atoms with E-state index in [9.17, 15) is 8.42 Å². The standard InChI is InChI=1S/C10H20N2O2S/c1-2-10-15(13,14)12-9-7-5-3-4-6-8-11/h12H,2-7,9-10H2,1H3. The van der Waals surface area contributed by atoms with Crippen LogP contribution < -0.4 is 4.72 Å². The second kappa shape index (κ2) is 8.69. The van der Waals surface area contributed by atoms with Gasteiger partial charge in [-0.2, -0.15) is 5.26 Å². The average Bonchev–Trinajstić information content (AvgIpc) is 2.16. The van der Waals surface area contributed by atoms with Crippen molar-refractivity contribution in [3.05, 3.63) is 0 Å². The Bertz CT molecular complexity index is 280. The fourth-order valence-electron chi connectivity index (χ4n) is 1.25. The molecule has 0 spiro atoms. The lowest BCUT2D eigenvalue weighted by atomic mass is 10.1. The second-order valence-electron chi connectivity index (χ2n) is 3.54. The Hall–Kier alpha value is -0.600. The molecule has 0 aromatic rings. The molecule has 0 aromatic heterocycles. The Kier molecular flexibility index (Phi) is 8.34. The van der Waals surface area contributed by atoms with Gasteiger partial charge in [-0.05, 0) is 19.3 Å².